The molecule has 0 aliphatic rings. The van der Waals surface area contributed by atoms with Crippen molar-refractivity contribution in [1.82, 2.24) is 9.55 Å². The zero-order chi connectivity index (χ0) is 24.7. The maximum absolute atomic E-state index is 13.9. The molecule has 0 radical (unpaired) electrons. The van der Waals surface area contributed by atoms with Gasteiger partial charge in [0, 0.05) is 20.3 Å². The predicted molar refractivity (Wildman–Crippen MR) is 122 cm³/mol. The van der Waals surface area contributed by atoms with Crippen LogP contribution in [-0.2, 0) is 12.4 Å². The number of imidazole rings is 1. The van der Waals surface area contributed by atoms with E-state index in [1.165, 1.54) is 12.4 Å². The zero-order valence-corrected chi connectivity index (χ0v) is 19.0. The summed E-state index contributed by atoms with van der Waals surface area (Å²) in [5.74, 6) is 0. The maximum Gasteiger partial charge on any atom is 0.418 e. The number of hydrogen-bond acceptors (Lipinski definition) is 1. The highest BCUT2D eigenvalue weighted by molar-refractivity contribution is 7.79. The molecule has 0 bridgehead atoms. The lowest BCUT2D eigenvalue weighted by atomic mass is 10.1. The van der Waals surface area contributed by atoms with Crippen LogP contribution in [0.1, 0.15) is 22.3 Å². The molecule has 0 N–H and O–H groups in total. The normalized spacial score (nSPS) is 12.4. The smallest absolute Gasteiger partial charge is 0.298 e. The van der Waals surface area contributed by atoms with Gasteiger partial charge in [0.25, 0.3) is 0 Å². The first-order chi connectivity index (χ1) is 16.0. The van der Waals surface area contributed by atoms with E-state index in [1.807, 2.05) is 50.2 Å². The van der Waals surface area contributed by atoms with Crippen LogP contribution < -0.4 is 16.2 Å². The summed E-state index contributed by atoms with van der Waals surface area (Å²) in [5, 5.41) is 1.61. The van der Waals surface area contributed by atoms with Gasteiger partial charge in [-0.05, 0) is 47.7 Å². The standard InChI is InChI=1S/C25H19F6N2P/c1-16-8-3-5-12-20(16)34(21-13-6-4-9-17(21)2)23-32-14-15-33(23)22-18(24(26,27)28)10-7-11-19(22)25(29,30)31/h3-15H,1-2H3. The van der Waals surface area contributed by atoms with E-state index < -0.39 is 37.1 Å². The van der Waals surface area contributed by atoms with Gasteiger partial charge in [-0.15, -0.1) is 0 Å². The Morgan fingerprint density at radius 1 is 0.676 bits per heavy atom. The van der Waals surface area contributed by atoms with Gasteiger partial charge in [0.05, 0.1) is 16.8 Å². The SMILES string of the molecule is Cc1ccccc1P(c1ccccc1C)c1nccn1-c1c(C(F)(F)F)cccc1C(F)(F)F. The minimum atomic E-state index is -4.99. The average molecular weight is 492 g/mol. The van der Waals surface area contributed by atoms with E-state index >= 15 is 0 Å². The van der Waals surface area contributed by atoms with E-state index in [-0.39, 0.29) is 5.57 Å². The molecule has 0 aliphatic carbocycles. The predicted octanol–water partition coefficient (Wildman–Crippen LogP) is 6.28. The lowest BCUT2D eigenvalue weighted by Crippen LogP contribution is -2.31. The monoisotopic (exact) mass is 492 g/mol. The van der Waals surface area contributed by atoms with Gasteiger partial charge in [0.15, 0.2) is 0 Å². The number of rotatable bonds is 4. The second-order valence-electron chi connectivity index (χ2n) is 7.70. The first kappa shape index (κ1) is 24.0. The van der Waals surface area contributed by atoms with Crippen molar-refractivity contribution in [3.63, 3.8) is 0 Å². The summed E-state index contributed by atoms with van der Waals surface area (Å²) < 4.78 is 84.5. The van der Waals surface area contributed by atoms with Crippen LogP contribution in [0.2, 0.25) is 0 Å². The summed E-state index contributed by atoms with van der Waals surface area (Å²) in [7, 11) is -1.57. The van der Waals surface area contributed by atoms with Crippen LogP contribution in [0, 0.1) is 13.8 Å². The van der Waals surface area contributed by atoms with Crippen molar-refractivity contribution in [3.8, 4) is 5.69 Å². The Labute approximate surface area is 193 Å². The van der Waals surface area contributed by atoms with Crippen molar-refractivity contribution in [2.75, 3.05) is 0 Å². The van der Waals surface area contributed by atoms with Gasteiger partial charge in [-0.1, -0.05) is 54.6 Å². The summed E-state index contributed by atoms with van der Waals surface area (Å²) in [6, 6.07) is 16.8. The van der Waals surface area contributed by atoms with E-state index in [4.69, 9.17) is 0 Å². The molecule has 9 heteroatoms. The number of hydrogen-bond donors (Lipinski definition) is 0. The van der Waals surface area contributed by atoms with E-state index in [0.717, 1.165) is 32.4 Å². The molecule has 0 saturated heterocycles. The minimum Gasteiger partial charge on any atom is -0.298 e. The fourth-order valence-electron chi connectivity index (χ4n) is 3.87. The third-order valence-corrected chi connectivity index (χ3v) is 8.12. The number of alkyl halides is 6. The van der Waals surface area contributed by atoms with E-state index in [2.05, 4.69) is 4.98 Å². The van der Waals surface area contributed by atoms with Crippen LogP contribution in [0.15, 0.2) is 79.1 Å². The Morgan fingerprint density at radius 3 is 1.59 bits per heavy atom. The van der Waals surface area contributed by atoms with Gasteiger partial charge >= 0.3 is 12.4 Å². The molecule has 0 atom stereocenters. The molecule has 0 unspecified atom stereocenters. The second kappa shape index (κ2) is 8.91. The van der Waals surface area contributed by atoms with Crippen LogP contribution in [-0.4, -0.2) is 9.55 Å². The topological polar surface area (TPSA) is 17.8 Å². The van der Waals surface area contributed by atoms with E-state index in [1.54, 1.807) is 12.1 Å². The summed E-state index contributed by atoms with van der Waals surface area (Å²) in [4.78, 5) is 4.33. The molecular weight excluding hydrogens is 473 g/mol. The van der Waals surface area contributed by atoms with Gasteiger partial charge < -0.3 is 0 Å². The minimum absolute atomic E-state index is 0.126. The Bertz CT molecular complexity index is 1250. The first-order valence-electron chi connectivity index (χ1n) is 10.2. The lowest BCUT2D eigenvalue weighted by molar-refractivity contribution is -0.142. The highest BCUT2D eigenvalue weighted by Gasteiger charge is 2.42. The molecule has 2 nitrogen and oxygen atoms in total. The molecule has 4 rings (SSSR count). The molecule has 4 aromatic rings. The van der Waals surface area contributed by atoms with Gasteiger partial charge in [0.2, 0.25) is 0 Å². The molecule has 176 valence electrons. The number of para-hydroxylation sites is 1. The van der Waals surface area contributed by atoms with Crippen LogP contribution in [0.3, 0.4) is 0 Å². The van der Waals surface area contributed by atoms with Gasteiger partial charge in [-0.2, -0.15) is 26.3 Å². The summed E-state index contributed by atoms with van der Waals surface area (Å²) >= 11 is 0. The van der Waals surface area contributed by atoms with Crippen molar-refractivity contribution in [3.05, 3.63) is 101 Å². The number of benzene rings is 3. The quantitative estimate of drug-likeness (QED) is 0.242. The highest BCUT2D eigenvalue weighted by Crippen LogP contribution is 2.43. The molecule has 3 aromatic carbocycles. The number of halogens is 6. The zero-order valence-electron chi connectivity index (χ0n) is 18.1. The summed E-state index contributed by atoms with van der Waals surface area (Å²) in [6.07, 6.45) is -7.58. The molecule has 0 saturated carbocycles. The average Bonchev–Trinajstić information content (AvgIpc) is 3.24. The van der Waals surface area contributed by atoms with Crippen LogP contribution >= 0.6 is 7.92 Å². The Morgan fingerprint density at radius 2 is 1.15 bits per heavy atom. The van der Waals surface area contributed by atoms with Gasteiger partial charge in [0.1, 0.15) is 5.57 Å². The van der Waals surface area contributed by atoms with Crippen molar-refractivity contribution < 1.29 is 26.3 Å². The van der Waals surface area contributed by atoms with E-state index in [9.17, 15) is 26.3 Å². The number of nitrogens with zero attached hydrogens (tertiary/aromatic N) is 2. The second-order valence-corrected chi connectivity index (χ2v) is 9.74. The molecular formula is C25H19F6N2P. The fraction of sp³-hybridized carbons (Fsp3) is 0.160. The Balaban J connectivity index is 2.07. The molecule has 1 aromatic heterocycles. The molecule has 0 spiro atoms. The fourth-order valence-corrected chi connectivity index (χ4v) is 6.45. The van der Waals surface area contributed by atoms with Gasteiger partial charge in [-0.25, -0.2) is 4.98 Å². The Kier molecular flexibility index (Phi) is 6.30. The number of aryl methyl sites for hydroxylation is 2. The highest BCUT2D eigenvalue weighted by atomic mass is 31.1. The van der Waals surface area contributed by atoms with Crippen LogP contribution in [0.5, 0.6) is 0 Å². The van der Waals surface area contributed by atoms with E-state index in [0.29, 0.717) is 12.1 Å². The third kappa shape index (κ3) is 4.47. The largest absolute Gasteiger partial charge is 0.418 e. The van der Waals surface area contributed by atoms with Gasteiger partial charge in [-0.3, -0.25) is 4.57 Å². The molecule has 0 amide bonds. The van der Waals surface area contributed by atoms with Crippen molar-refractivity contribution >= 4 is 24.1 Å². The maximum atomic E-state index is 13.9. The first-order valence-corrected chi connectivity index (χ1v) is 11.6. The summed E-state index contributed by atoms with van der Waals surface area (Å²) in [6.45, 7) is 3.72. The molecule has 0 aliphatic heterocycles. The molecule has 34 heavy (non-hydrogen) atoms. The Hall–Kier alpha value is -3.12. The lowest BCUT2D eigenvalue weighted by Gasteiger charge is -2.25. The van der Waals surface area contributed by atoms with Crippen LogP contribution in [0.25, 0.3) is 5.69 Å². The summed E-state index contributed by atoms with van der Waals surface area (Å²) in [5.41, 5.74) is -1.85. The third-order valence-electron chi connectivity index (χ3n) is 5.42. The molecule has 0 fully saturated rings. The van der Waals surface area contributed by atoms with Crippen molar-refractivity contribution in [1.29, 1.82) is 0 Å². The van der Waals surface area contributed by atoms with Crippen LogP contribution in [0.4, 0.5) is 26.3 Å². The molecule has 1 heterocycles. The van der Waals surface area contributed by atoms with Crippen molar-refractivity contribution in [2.45, 2.75) is 26.2 Å². The van der Waals surface area contributed by atoms with Crippen molar-refractivity contribution in [2.24, 2.45) is 0 Å². The number of aromatic nitrogens is 2.